The van der Waals surface area contributed by atoms with Gasteiger partial charge in [0.15, 0.2) is 0 Å². The molecule has 0 aliphatic rings. The summed E-state index contributed by atoms with van der Waals surface area (Å²) in [5.41, 5.74) is 1.17. The van der Waals surface area contributed by atoms with Crippen molar-refractivity contribution in [3.05, 3.63) is 68.5 Å². The van der Waals surface area contributed by atoms with Gasteiger partial charge in [-0.25, -0.2) is 4.39 Å². The van der Waals surface area contributed by atoms with E-state index >= 15 is 0 Å². The van der Waals surface area contributed by atoms with E-state index < -0.39 is 5.82 Å². The van der Waals surface area contributed by atoms with Gasteiger partial charge in [0.05, 0.1) is 17.2 Å². The van der Waals surface area contributed by atoms with Crippen molar-refractivity contribution in [3.8, 4) is 6.07 Å². The maximum absolute atomic E-state index is 13.7. The van der Waals surface area contributed by atoms with Crippen molar-refractivity contribution in [3.63, 3.8) is 0 Å². The molecular formula is C15H10FIN2O. The number of nitrogens with zero attached hydrogens (tertiary/aromatic N) is 1. The molecule has 0 radical (unpaired) electrons. The summed E-state index contributed by atoms with van der Waals surface area (Å²) in [6.45, 7) is 0.0847. The number of hydrogen-bond donors (Lipinski definition) is 1. The lowest BCUT2D eigenvalue weighted by atomic mass is 10.1. The molecule has 0 saturated carbocycles. The van der Waals surface area contributed by atoms with Crippen molar-refractivity contribution in [2.45, 2.75) is 6.54 Å². The SMILES string of the molecule is N#Cc1ccc(CNC(=O)c2ccccc2I)c(F)c1. The van der Waals surface area contributed by atoms with Crippen LogP contribution in [0.1, 0.15) is 21.5 Å². The molecule has 5 heteroatoms. The highest BCUT2D eigenvalue weighted by atomic mass is 127. The van der Waals surface area contributed by atoms with Gasteiger partial charge in [-0.15, -0.1) is 0 Å². The zero-order valence-corrected chi connectivity index (χ0v) is 12.5. The minimum atomic E-state index is -0.493. The molecule has 0 unspecified atom stereocenters. The maximum Gasteiger partial charge on any atom is 0.252 e. The molecule has 0 aliphatic carbocycles. The summed E-state index contributed by atoms with van der Waals surface area (Å²) in [6, 6.07) is 13.2. The van der Waals surface area contributed by atoms with E-state index in [9.17, 15) is 9.18 Å². The van der Waals surface area contributed by atoms with Crippen LogP contribution in [0.5, 0.6) is 0 Å². The van der Waals surface area contributed by atoms with E-state index in [4.69, 9.17) is 5.26 Å². The van der Waals surface area contributed by atoms with E-state index in [1.54, 1.807) is 12.1 Å². The van der Waals surface area contributed by atoms with E-state index in [1.165, 1.54) is 12.1 Å². The van der Waals surface area contributed by atoms with Gasteiger partial charge in [0.25, 0.3) is 5.91 Å². The molecule has 0 bridgehead atoms. The number of nitriles is 1. The minimum Gasteiger partial charge on any atom is -0.348 e. The standard InChI is InChI=1S/C15H10FIN2O/c16-13-7-10(8-18)5-6-11(13)9-19-15(20)12-3-1-2-4-14(12)17/h1-7H,9H2,(H,19,20). The zero-order chi connectivity index (χ0) is 14.5. The quantitative estimate of drug-likeness (QED) is 0.832. The molecule has 0 aromatic heterocycles. The second-order valence-corrected chi connectivity index (χ2v) is 5.24. The topological polar surface area (TPSA) is 52.9 Å². The van der Waals surface area contributed by atoms with Gasteiger partial charge in [-0.05, 0) is 46.9 Å². The number of amides is 1. The molecule has 100 valence electrons. The minimum absolute atomic E-state index is 0.0847. The summed E-state index contributed by atoms with van der Waals surface area (Å²) in [6.07, 6.45) is 0. The van der Waals surface area contributed by atoms with Crippen molar-refractivity contribution < 1.29 is 9.18 Å². The third-order valence-electron chi connectivity index (χ3n) is 2.74. The number of hydrogen-bond acceptors (Lipinski definition) is 2. The smallest absolute Gasteiger partial charge is 0.252 e. The summed E-state index contributed by atoms with van der Waals surface area (Å²) in [5, 5.41) is 11.3. The molecule has 0 fully saturated rings. The van der Waals surface area contributed by atoms with Crippen molar-refractivity contribution >= 4 is 28.5 Å². The lowest BCUT2D eigenvalue weighted by Gasteiger charge is -2.08. The van der Waals surface area contributed by atoms with E-state index in [-0.39, 0.29) is 18.0 Å². The van der Waals surface area contributed by atoms with E-state index in [0.717, 1.165) is 9.64 Å². The Kier molecular flexibility index (Phi) is 4.69. The molecule has 1 N–H and O–H groups in total. The Morgan fingerprint density at radius 3 is 2.70 bits per heavy atom. The first-order valence-corrected chi connectivity index (χ1v) is 6.91. The predicted octanol–water partition coefficient (Wildman–Crippen LogP) is 3.23. The third-order valence-corrected chi connectivity index (χ3v) is 3.68. The fourth-order valence-electron chi connectivity index (χ4n) is 1.68. The van der Waals surface area contributed by atoms with Crippen LogP contribution in [0.25, 0.3) is 0 Å². The Hall–Kier alpha value is -1.94. The fraction of sp³-hybridized carbons (Fsp3) is 0.0667. The largest absolute Gasteiger partial charge is 0.348 e. The van der Waals surface area contributed by atoms with E-state index in [1.807, 2.05) is 18.2 Å². The van der Waals surface area contributed by atoms with Crippen molar-refractivity contribution in [2.75, 3.05) is 0 Å². The first-order chi connectivity index (χ1) is 9.61. The van der Waals surface area contributed by atoms with Crippen LogP contribution in [0.4, 0.5) is 4.39 Å². The molecule has 0 heterocycles. The van der Waals surface area contributed by atoms with E-state index in [2.05, 4.69) is 27.9 Å². The van der Waals surface area contributed by atoms with Gasteiger partial charge in [-0.1, -0.05) is 18.2 Å². The summed E-state index contributed by atoms with van der Waals surface area (Å²) in [5.74, 6) is -0.745. The second kappa shape index (κ2) is 6.48. The average Bonchev–Trinajstić information content (AvgIpc) is 2.46. The van der Waals surface area contributed by atoms with Gasteiger partial charge in [0, 0.05) is 15.7 Å². The van der Waals surface area contributed by atoms with Gasteiger partial charge < -0.3 is 5.32 Å². The van der Waals surface area contributed by atoms with E-state index in [0.29, 0.717) is 11.1 Å². The average molecular weight is 380 g/mol. The normalized spacial score (nSPS) is 9.85. The van der Waals surface area contributed by atoms with Crippen molar-refractivity contribution in [1.29, 1.82) is 5.26 Å². The van der Waals surface area contributed by atoms with Crippen LogP contribution in [-0.4, -0.2) is 5.91 Å². The van der Waals surface area contributed by atoms with Gasteiger partial charge >= 0.3 is 0 Å². The first-order valence-electron chi connectivity index (χ1n) is 5.83. The Morgan fingerprint density at radius 2 is 2.05 bits per heavy atom. The molecular weight excluding hydrogens is 370 g/mol. The molecule has 0 spiro atoms. The van der Waals surface area contributed by atoms with Crippen LogP contribution in [0.2, 0.25) is 0 Å². The van der Waals surface area contributed by atoms with Gasteiger partial charge in [-0.2, -0.15) is 5.26 Å². The summed E-state index contributed by atoms with van der Waals surface area (Å²) < 4.78 is 14.5. The molecule has 0 saturated heterocycles. The van der Waals surface area contributed by atoms with Crippen LogP contribution in [0, 0.1) is 20.7 Å². The molecule has 1 amide bonds. The van der Waals surface area contributed by atoms with Crippen LogP contribution in [-0.2, 0) is 6.54 Å². The molecule has 2 rings (SSSR count). The number of rotatable bonds is 3. The van der Waals surface area contributed by atoms with Gasteiger partial charge in [-0.3, -0.25) is 4.79 Å². The van der Waals surface area contributed by atoms with Crippen molar-refractivity contribution in [2.24, 2.45) is 0 Å². The Labute approximate surface area is 129 Å². The number of carbonyl (C=O) groups excluding carboxylic acids is 1. The number of halogens is 2. The first kappa shape index (κ1) is 14.5. The lowest BCUT2D eigenvalue weighted by Crippen LogP contribution is -2.24. The summed E-state index contributed by atoms with van der Waals surface area (Å²) in [7, 11) is 0. The van der Waals surface area contributed by atoms with Crippen LogP contribution in [0.15, 0.2) is 42.5 Å². The number of carbonyl (C=O) groups is 1. The van der Waals surface area contributed by atoms with Gasteiger partial charge in [0.2, 0.25) is 0 Å². The maximum atomic E-state index is 13.7. The molecule has 20 heavy (non-hydrogen) atoms. The van der Waals surface area contributed by atoms with Gasteiger partial charge in [0.1, 0.15) is 5.82 Å². The molecule has 0 atom stereocenters. The highest BCUT2D eigenvalue weighted by Crippen LogP contribution is 2.13. The second-order valence-electron chi connectivity index (χ2n) is 4.08. The third kappa shape index (κ3) is 3.33. The molecule has 3 nitrogen and oxygen atoms in total. The van der Waals surface area contributed by atoms with Crippen LogP contribution in [0.3, 0.4) is 0 Å². The predicted molar refractivity (Wildman–Crippen MR) is 81.4 cm³/mol. The number of benzene rings is 2. The fourth-order valence-corrected chi connectivity index (χ4v) is 2.31. The number of nitrogens with one attached hydrogen (secondary N) is 1. The molecule has 0 aliphatic heterocycles. The Balaban J connectivity index is 2.08. The Bertz CT molecular complexity index is 695. The zero-order valence-electron chi connectivity index (χ0n) is 10.4. The lowest BCUT2D eigenvalue weighted by molar-refractivity contribution is 0.0949. The van der Waals surface area contributed by atoms with Crippen molar-refractivity contribution in [1.82, 2.24) is 5.32 Å². The van der Waals surface area contributed by atoms with Crippen LogP contribution < -0.4 is 5.32 Å². The summed E-state index contributed by atoms with van der Waals surface area (Å²) in [4.78, 5) is 12.0. The Morgan fingerprint density at radius 1 is 1.30 bits per heavy atom. The highest BCUT2D eigenvalue weighted by Gasteiger charge is 2.10. The van der Waals surface area contributed by atoms with Crippen LogP contribution >= 0.6 is 22.6 Å². The molecule has 2 aromatic rings. The monoisotopic (exact) mass is 380 g/mol. The molecule has 2 aromatic carbocycles. The summed E-state index contributed by atoms with van der Waals surface area (Å²) >= 11 is 2.08. The highest BCUT2D eigenvalue weighted by molar-refractivity contribution is 14.1.